The van der Waals surface area contributed by atoms with E-state index in [1.165, 1.54) is 6.08 Å². The van der Waals surface area contributed by atoms with Crippen molar-refractivity contribution in [2.45, 2.75) is 34.3 Å². The first kappa shape index (κ1) is 28.3. The van der Waals surface area contributed by atoms with E-state index in [1.54, 1.807) is 12.4 Å². The second-order valence-electron chi connectivity index (χ2n) is 10.1. The van der Waals surface area contributed by atoms with Gasteiger partial charge in [0.15, 0.2) is 0 Å². The number of aryl methyl sites for hydroxylation is 4. The third-order valence-corrected chi connectivity index (χ3v) is 6.60. The molecule has 0 unspecified atom stereocenters. The second-order valence-corrected chi connectivity index (χ2v) is 10.1. The number of amides is 1. The number of anilines is 3. The molecule has 0 atom stereocenters. The summed E-state index contributed by atoms with van der Waals surface area (Å²) in [6, 6.07) is 14.0. The maximum Gasteiger partial charge on any atom is 0.248 e. The monoisotopic (exact) mass is 534 g/mol. The van der Waals surface area contributed by atoms with Crippen LogP contribution in [0.1, 0.15) is 33.5 Å². The molecule has 2 heterocycles. The van der Waals surface area contributed by atoms with Gasteiger partial charge in [0.1, 0.15) is 18.4 Å². The van der Waals surface area contributed by atoms with E-state index in [-0.39, 0.29) is 5.91 Å². The first-order chi connectivity index (χ1) is 19.2. The van der Waals surface area contributed by atoms with Gasteiger partial charge in [-0.25, -0.2) is 0 Å². The number of nitrogens with zero attached hydrogens (tertiary/aromatic N) is 4. The lowest BCUT2D eigenvalue weighted by molar-refractivity contribution is -0.111. The number of likely N-dealkylation sites (N-methyl/N-ethyl adjacent to an activating group) is 1. The normalized spacial score (nSPS) is 11.2. The summed E-state index contributed by atoms with van der Waals surface area (Å²) >= 11 is 0. The summed E-state index contributed by atoms with van der Waals surface area (Å²) in [6.07, 6.45) is 6.67. The van der Waals surface area contributed by atoms with Crippen molar-refractivity contribution in [1.82, 2.24) is 14.9 Å². The van der Waals surface area contributed by atoms with E-state index in [4.69, 9.17) is 4.74 Å². The molecule has 204 valence electrons. The van der Waals surface area contributed by atoms with Crippen molar-refractivity contribution >= 4 is 33.9 Å². The molecule has 2 aromatic carbocycles. The van der Waals surface area contributed by atoms with Crippen LogP contribution in [0, 0.1) is 39.0 Å². The number of hydrogen-bond acceptors (Lipinski definition) is 7. The average molecular weight is 535 g/mol. The Morgan fingerprint density at radius 2 is 1.80 bits per heavy atom. The van der Waals surface area contributed by atoms with Crippen LogP contribution >= 0.6 is 0 Å². The lowest BCUT2D eigenvalue weighted by atomic mass is 10.0. The minimum absolute atomic E-state index is 0.217. The number of pyridine rings is 2. The fourth-order valence-electron chi connectivity index (χ4n) is 4.27. The molecule has 0 radical (unpaired) electrons. The van der Waals surface area contributed by atoms with E-state index < -0.39 is 0 Å². The molecule has 2 N–H and O–H groups in total. The summed E-state index contributed by atoms with van der Waals surface area (Å²) in [5.74, 6) is 0.558. The van der Waals surface area contributed by atoms with Gasteiger partial charge in [0.2, 0.25) is 5.91 Å². The van der Waals surface area contributed by atoms with E-state index in [1.807, 2.05) is 89.2 Å². The van der Waals surface area contributed by atoms with Crippen molar-refractivity contribution in [3.8, 4) is 11.8 Å². The van der Waals surface area contributed by atoms with Gasteiger partial charge in [-0.3, -0.25) is 14.8 Å². The fourth-order valence-corrected chi connectivity index (χ4v) is 4.27. The minimum Gasteiger partial charge on any atom is -0.487 e. The summed E-state index contributed by atoms with van der Waals surface area (Å²) in [6.45, 7) is 8.96. The topological polar surface area (TPSA) is 103 Å². The molecule has 0 saturated heterocycles. The number of carbonyl (C=O) groups excluding carboxylic acids is 1. The van der Waals surface area contributed by atoms with Crippen LogP contribution in [0.15, 0.2) is 60.9 Å². The molecule has 0 spiro atoms. The Balaban J connectivity index is 1.64. The Morgan fingerprint density at radius 1 is 1.02 bits per heavy atom. The molecule has 4 aromatic rings. The van der Waals surface area contributed by atoms with Crippen LogP contribution in [-0.4, -0.2) is 41.4 Å². The highest BCUT2D eigenvalue weighted by Gasteiger charge is 2.15. The maximum absolute atomic E-state index is 12.5. The van der Waals surface area contributed by atoms with Crippen LogP contribution in [0.2, 0.25) is 0 Å². The van der Waals surface area contributed by atoms with Gasteiger partial charge in [-0.1, -0.05) is 12.1 Å². The van der Waals surface area contributed by atoms with E-state index in [9.17, 15) is 10.1 Å². The van der Waals surface area contributed by atoms with Crippen LogP contribution in [0.5, 0.6) is 5.75 Å². The summed E-state index contributed by atoms with van der Waals surface area (Å²) in [7, 11) is 3.88. The van der Waals surface area contributed by atoms with Crippen LogP contribution in [0.25, 0.3) is 10.9 Å². The minimum atomic E-state index is -0.217. The fraction of sp³-hybridized carbons (Fsp3) is 0.250. The molecular weight excluding hydrogens is 500 g/mol. The smallest absolute Gasteiger partial charge is 0.248 e. The molecule has 0 saturated carbocycles. The lowest BCUT2D eigenvalue weighted by Crippen LogP contribution is -2.13. The highest BCUT2D eigenvalue weighted by molar-refractivity contribution is 6.04. The highest BCUT2D eigenvalue weighted by Crippen LogP contribution is 2.35. The molecule has 0 aliphatic rings. The van der Waals surface area contributed by atoms with Crippen LogP contribution in [0.4, 0.5) is 17.1 Å². The number of nitrogens with one attached hydrogen (secondary N) is 2. The van der Waals surface area contributed by atoms with Gasteiger partial charge in [0.05, 0.1) is 22.5 Å². The van der Waals surface area contributed by atoms with Gasteiger partial charge in [-0.2, -0.15) is 5.26 Å². The molecule has 4 rings (SSSR count). The number of rotatable bonds is 9. The molecule has 8 nitrogen and oxygen atoms in total. The summed E-state index contributed by atoms with van der Waals surface area (Å²) in [5, 5.41) is 17.1. The Hall–Kier alpha value is -4.74. The molecule has 0 fully saturated rings. The molecule has 8 heteroatoms. The zero-order valence-electron chi connectivity index (χ0n) is 23.8. The third kappa shape index (κ3) is 6.63. The predicted octanol–water partition coefficient (Wildman–Crippen LogP) is 6.11. The van der Waals surface area contributed by atoms with Gasteiger partial charge in [-0.05, 0) is 94.4 Å². The number of ether oxygens (including phenoxy) is 1. The second kappa shape index (κ2) is 12.4. The first-order valence-corrected chi connectivity index (χ1v) is 13.0. The zero-order valence-corrected chi connectivity index (χ0v) is 23.8. The molecule has 0 aliphatic carbocycles. The van der Waals surface area contributed by atoms with E-state index in [0.29, 0.717) is 30.1 Å². The standard InChI is InChI=1S/C32H34N6O2/c1-20-9-7-11-34-29(20)19-40-30-15-22(3)26(14-23(30)4)37-32-24(17-33)18-35-28-13-21(2)27(16-25(28)32)36-31(39)10-8-12-38(5)6/h7-11,13-16,18H,12,19H2,1-6H3,(H,35,37)(H,36,39)/b10-8+. The van der Waals surface area contributed by atoms with Gasteiger partial charge in [-0.15, -0.1) is 0 Å². The van der Waals surface area contributed by atoms with Crippen molar-refractivity contribution < 1.29 is 9.53 Å². The lowest BCUT2D eigenvalue weighted by Gasteiger charge is -2.18. The number of hydrogen-bond donors (Lipinski definition) is 2. The van der Waals surface area contributed by atoms with Gasteiger partial charge in [0, 0.05) is 41.8 Å². The molecule has 1 amide bonds. The van der Waals surface area contributed by atoms with Crippen molar-refractivity contribution in [1.29, 1.82) is 5.26 Å². The number of nitriles is 1. The highest BCUT2D eigenvalue weighted by atomic mass is 16.5. The molecular formula is C32H34N6O2. The van der Waals surface area contributed by atoms with Crippen LogP contribution < -0.4 is 15.4 Å². The van der Waals surface area contributed by atoms with Gasteiger partial charge in [0.25, 0.3) is 0 Å². The number of fused-ring (bicyclic) bond motifs is 1. The average Bonchev–Trinajstić information content (AvgIpc) is 2.91. The summed E-state index contributed by atoms with van der Waals surface area (Å²) in [4.78, 5) is 23.4. The largest absolute Gasteiger partial charge is 0.487 e. The molecule has 0 bridgehead atoms. The summed E-state index contributed by atoms with van der Waals surface area (Å²) < 4.78 is 6.11. The predicted molar refractivity (Wildman–Crippen MR) is 160 cm³/mol. The van der Waals surface area contributed by atoms with E-state index >= 15 is 0 Å². The number of carbonyl (C=O) groups is 1. The summed E-state index contributed by atoms with van der Waals surface area (Å²) in [5.41, 5.74) is 8.03. The molecule has 0 aliphatic heterocycles. The molecule has 40 heavy (non-hydrogen) atoms. The quantitative estimate of drug-likeness (QED) is 0.250. The number of aromatic nitrogens is 2. The van der Waals surface area contributed by atoms with Crippen LogP contribution in [-0.2, 0) is 11.4 Å². The molecule has 2 aromatic heterocycles. The third-order valence-electron chi connectivity index (χ3n) is 6.60. The van der Waals surface area contributed by atoms with Crippen molar-refractivity contribution in [2.24, 2.45) is 0 Å². The Bertz CT molecular complexity index is 1640. The van der Waals surface area contributed by atoms with E-state index in [2.05, 4.69) is 26.7 Å². The Kier molecular flexibility index (Phi) is 8.77. The van der Waals surface area contributed by atoms with Gasteiger partial charge < -0.3 is 20.3 Å². The number of benzene rings is 2. The zero-order chi connectivity index (χ0) is 28.8. The van der Waals surface area contributed by atoms with Crippen molar-refractivity contribution in [3.63, 3.8) is 0 Å². The van der Waals surface area contributed by atoms with E-state index in [0.717, 1.165) is 50.3 Å². The SMILES string of the molecule is Cc1cc2ncc(C#N)c(Nc3cc(C)c(OCc4ncccc4C)cc3C)c2cc1NC(=O)/C=C/CN(C)C. The van der Waals surface area contributed by atoms with Gasteiger partial charge >= 0.3 is 0 Å². The first-order valence-electron chi connectivity index (χ1n) is 13.0. The van der Waals surface area contributed by atoms with Crippen molar-refractivity contribution in [3.05, 3.63) is 94.5 Å². The maximum atomic E-state index is 12.5. The van der Waals surface area contributed by atoms with Crippen LogP contribution in [0.3, 0.4) is 0 Å². The van der Waals surface area contributed by atoms with Crippen molar-refractivity contribution in [2.75, 3.05) is 31.3 Å². The Morgan fingerprint density at radius 3 is 2.52 bits per heavy atom. The Labute approximate surface area is 235 Å².